The number of ether oxygens (including phenoxy) is 3. The molecule has 1 atom stereocenters. The van der Waals surface area contributed by atoms with Gasteiger partial charge in [-0.05, 0) is 43.5 Å². The molecule has 1 aromatic carbocycles. The topological polar surface area (TPSA) is 57.0 Å². The van der Waals surface area contributed by atoms with Crippen LogP contribution in [0.2, 0.25) is 0 Å². The molecule has 0 saturated carbocycles. The first-order valence-corrected chi connectivity index (χ1v) is 8.68. The van der Waals surface area contributed by atoms with E-state index in [9.17, 15) is 0 Å². The van der Waals surface area contributed by atoms with Crippen LogP contribution in [0.15, 0.2) is 22.7 Å². The molecule has 0 spiro atoms. The van der Waals surface area contributed by atoms with E-state index in [2.05, 4.69) is 23.0 Å². The molecule has 3 rings (SSSR count). The van der Waals surface area contributed by atoms with Crippen molar-refractivity contribution >= 4 is 0 Å². The molecule has 0 bridgehead atoms. The summed E-state index contributed by atoms with van der Waals surface area (Å²) in [4.78, 5) is 2.42. The van der Waals surface area contributed by atoms with Crippen LogP contribution in [0.4, 0.5) is 0 Å². The van der Waals surface area contributed by atoms with Gasteiger partial charge in [-0.1, -0.05) is 12.1 Å². The first-order valence-electron chi connectivity index (χ1n) is 8.68. The Labute approximate surface area is 148 Å². The van der Waals surface area contributed by atoms with Crippen LogP contribution in [-0.2, 0) is 13.0 Å². The Kier molecular flexibility index (Phi) is 5.48. The lowest BCUT2D eigenvalue weighted by Gasteiger charge is -2.23. The molecule has 0 radical (unpaired) electrons. The smallest absolute Gasteiger partial charge is 0.203 e. The van der Waals surface area contributed by atoms with Crippen LogP contribution in [0.3, 0.4) is 0 Å². The molecule has 2 heterocycles. The van der Waals surface area contributed by atoms with Crippen molar-refractivity contribution in [3.63, 3.8) is 0 Å². The fourth-order valence-corrected chi connectivity index (χ4v) is 3.45. The number of benzene rings is 1. The van der Waals surface area contributed by atoms with Crippen LogP contribution in [0, 0.1) is 0 Å². The van der Waals surface area contributed by atoms with Crippen LogP contribution < -0.4 is 14.2 Å². The maximum atomic E-state index is 5.57. The molecule has 1 aliphatic heterocycles. The minimum Gasteiger partial charge on any atom is -0.493 e. The number of aryl methyl sites for hydroxylation is 1. The predicted octanol–water partition coefficient (Wildman–Crippen LogP) is 3.60. The Morgan fingerprint density at radius 2 is 1.84 bits per heavy atom. The zero-order valence-corrected chi connectivity index (χ0v) is 15.4. The summed E-state index contributed by atoms with van der Waals surface area (Å²) < 4.78 is 21.9. The summed E-state index contributed by atoms with van der Waals surface area (Å²) in [5, 5.41) is 4.14. The maximum absolute atomic E-state index is 5.57. The quantitative estimate of drug-likeness (QED) is 0.763. The van der Waals surface area contributed by atoms with Crippen molar-refractivity contribution in [2.75, 3.05) is 27.9 Å². The lowest BCUT2D eigenvalue weighted by molar-refractivity contribution is 0.206. The number of aromatic nitrogens is 1. The van der Waals surface area contributed by atoms with E-state index in [4.69, 9.17) is 18.7 Å². The van der Waals surface area contributed by atoms with Gasteiger partial charge in [-0.3, -0.25) is 4.90 Å². The van der Waals surface area contributed by atoms with Gasteiger partial charge in [0.2, 0.25) is 5.75 Å². The molecule has 0 aliphatic carbocycles. The molecular formula is C19H26N2O4. The highest BCUT2D eigenvalue weighted by atomic mass is 16.5. The van der Waals surface area contributed by atoms with E-state index in [0.29, 0.717) is 17.2 Å². The second kappa shape index (κ2) is 7.78. The average molecular weight is 346 g/mol. The fraction of sp³-hybridized carbons (Fsp3) is 0.526. The number of likely N-dealkylation sites (tertiary alicyclic amines) is 1. The lowest BCUT2D eigenvalue weighted by atomic mass is 10.1. The van der Waals surface area contributed by atoms with Gasteiger partial charge in [0.1, 0.15) is 0 Å². The van der Waals surface area contributed by atoms with Crippen LogP contribution in [-0.4, -0.2) is 37.9 Å². The van der Waals surface area contributed by atoms with Gasteiger partial charge in [-0.2, -0.15) is 0 Å². The van der Waals surface area contributed by atoms with E-state index in [-0.39, 0.29) is 6.04 Å². The predicted molar refractivity (Wildman–Crippen MR) is 94.4 cm³/mol. The molecule has 1 unspecified atom stereocenters. The number of hydrogen-bond acceptors (Lipinski definition) is 6. The van der Waals surface area contributed by atoms with Gasteiger partial charge < -0.3 is 18.7 Å². The van der Waals surface area contributed by atoms with Crippen LogP contribution in [0.5, 0.6) is 17.2 Å². The summed E-state index contributed by atoms with van der Waals surface area (Å²) in [6, 6.07) is 6.37. The zero-order chi connectivity index (χ0) is 17.8. The molecule has 1 aliphatic rings. The molecular weight excluding hydrogens is 320 g/mol. The Morgan fingerprint density at radius 1 is 1.12 bits per heavy atom. The molecule has 1 aromatic heterocycles. The third-order valence-electron chi connectivity index (χ3n) is 4.74. The van der Waals surface area contributed by atoms with Gasteiger partial charge in [-0.15, -0.1) is 0 Å². The lowest BCUT2D eigenvalue weighted by Crippen LogP contribution is -2.22. The molecule has 1 saturated heterocycles. The monoisotopic (exact) mass is 346 g/mol. The first kappa shape index (κ1) is 17.6. The van der Waals surface area contributed by atoms with Crippen LogP contribution >= 0.6 is 0 Å². The van der Waals surface area contributed by atoms with Crippen molar-refractivity contribution in [2.45, 2.75) is 38.8 Å². The highest BCUT2D eigenvalue weighted by molar-refractivity contribution is 5.53. The Morgan fingerprint density at radius 3 is 2.40 bits per heavy atom. The summed E-state index contributed by atoms with van der Waals surface area (Å²) >= 11 is 0. The second-order valence-corrected chi connectivity index (χ2v) is 6.24. The van der Waals surface area contributed by atoms with Crippen molar-refractivity contribution < 1.29 is 18.7 Å². The molecule has 1 fully saturated rings. The van der Waals surface area contributed by atoms with E-state index < -0.39 is 0 Å². The van der Waals surface area contributed by atoms with E-state index in [1.165, 1.54) is 0 Å². The van der Waals surface area contributed by atoms with E-state index >= 15 is 0 Å². The molecule has 6 heteroatoms. The number of hydrogen-bond donors (Lipinski definition) is 0. The summed E-state index contributed by atoms with van der Waals surface area (Å²) in [7, 11) is 4.90. The van der Waals surface area contributed by atoms with Crippen LogP contribution in [0.25, 0.3) is 0 Å². The average Bonchev–Trinajstić information content (AvgIpc) is 3.29. The SMILES string of the molecule is CCc1cc(C2CCCN2Cc2cc(OC)c(OC)c(OC)c2)on1. The van der Waals surface area contributed by atoms with Gasteiger partial charge in [-0.25, -0.2) is 0 Å². The van der Waals surface area contributed by atoms with Crippen molar-refractivity contribution in [3.05, 3.63) is 35.2 Å². The molecule has 0 N–H and O–H groups in total. The van der Waals surface area contributed by atoms with Gasteiger partial charge in [0.15, 0.2) is 17.3 Å². The molecule has 6 nitrogen and oxygen atoms in total. The number of rotatable bonds is 7. The van der Waals surface area contributed by atoms with Gasteiger partial charge in [0, 0.05) is 12.6 Å². The van der Waals surface area contributed by atoms with Crippen molar-refractivity contribution in [2.24, 2.45) is 0 Å². The van der Waals surface area contributed by atoms with Crippen molar-refractivity contribution in [1.82, 2.24) is 10.1 Å². The normalized spacial score (nSPS) is 17.7. The first-order chi connectivity index (χ1) is 12.2. The Hall–Kier alpha value is -2.21. The summed E-state index contributed by atoms with van der Waals surface area (Å²) in [6.07, 6.45) is 3.13. The molecule has 136 valence electrons. The minimum absolute atomic E-state index is 0.270. The van der Waals surface area contributed by atoms with E-state index in [0.717, 1.165) is 49.4 Å². The largest absolute Gasteiger partial charge is 0.493 e. The molecule has 0 amide bonds. The third-order valence-corrected chi connectivity index (χ3v) is 4.74. The van der Waals surface area contributed by atoms with E-state index in [1.54, 1.807) is 21.3 Å². The van der Waals surface area contributed by atoms with Crippen molar-refractivity contribution in [3.8, 4) is 17.2 Å². The van der Waals surface area contributed by atoms with Crippen LogP contribution in [0.1, 0.15) is 42.8 Å². The zero-order valence-electron chi connectivity index (χ0n) is 15.4. The molecule has 2 aromatic rings. The van der Waals surface area contributed by atoms with Gasteiger partial charge in [0.25, 0.3) is 0 Å². The van der Waals surface area contributed by atoms with Gasteiger partial charge >= 0.3 is 0 Å². The van der Waals surface area contributed by atoms with E-state index in [1.807, 2.05) is 12.1 Å². The Bertz CT molecular complexity index is 688. The number of nitrogens with zero attached hydrogens (tertiary/aromatic N) is 2. The molecule has 25 heavy (non-hydrogen) atoms. The summed E-state index contributed by atoms with van der Waals surface area (Å²) in [5.74, 6) is 2.94. The highest BCUT2D eigenvalue weighted by Gasteiger charge is 2.29. The summed E-state index contributed by atoms with van der Waals surface area (Å²) in [5.41, 5.74) is 2.13. The summed E-state index contributed by atoms with van der Waals surface area (Å²) in [6.45, 7) is 3.91. The Balaban J connectivity index is 1.83. The fourth-order valence-electron chi connectivity index (χ4n) is 3.45. The standard InChI is InChI=1S/C19H26N2O4/c1-5-14-11-16(25-20-14)15-7-6-8-21(15)12-13-9-17(22-2)19(24-4)18(10-13)23-3/h9-11,15H,5-8,12H2,1-4H3. The maximum Gasteiger partial charge on any atom is 0.203 e. The van der Waals surface area contributed by atoms with Gasteiger partial charge in [0.05, 0.1) is 33.1 Å². The second-order valence-electron chi connectivity index (χ2n) is 6.24. The minimum atomic E-state index is 0.270. The number of methoxy groups -OCH3 is 3. The highest BCUT2D eigenvalue weighted by Crippen LogP contribution is 2.40. The third kappa shape index (κ3) is 3.58. The van der Waals surface area contributed by atoms with Crippen molar-refractivity contribution in [1.29, 1.82) is 0 Å².